The molecule has 0 saturated heterocycles. The Morgan fingerprint density at radius 3 is 2.54 bits per heavy atom. The Morgan fingerprint density at radius 2 is 1.83 bits per heavy atom. The van der Waals surface area contributed by atoms with E-state index in [2.05, 4.69) is 48.0 Å². The summed E-state index contributed by atoms with van der Waals surface area (Å²) in [6.45, 7) is 8.49. The lowest BCUT2D eigenvalue weighted by molar-refractivity contribution is -0.118. The molecule has 41 heavy (non-hydrogen) atoms. The second-order valence-corrected chi connectivity index (χ2v) is 13.0. The van der Waals surface area contributed by atoms with Crippen LogP contribution in [0.25, 0.3) is 0 Å². The largest absolute Gasteiger partial charge is 0.488 e. The number of nitriles is 1. The highest BCUT2D eigenvalue weighted by Crippen LogP contribution is 2.52. The predicted molar refractivity (Wildman–Crippen MR) is 168 cm³/mol. The first kappa shape index (κ1) is 29.3. The summed E-state index contributed by atoms with van der Waals surface area (Å²) in [7, 11) is 0. The lowest BCUT2D eigenvalue weighted by Crippen LogP contribution is -2.42. The average molecular weight is 651 g/mol. The van der Waals surface area contributed by atoms with Gasteiger partial charge in [0.1, 0.15) is 18.2 Å². The van der Waals surface area contributed by atoms with E-state index in [1.807, 2.05) is 38.1 Å². The van der Waals surface area contributed by atoms with Crippen molar-refractivity contribution in [2.24, 2.45) is 11.1 Å². The number of hydrogen-bond donors (Lipinski definition) is 1. The fraction of sp³-hybridized carbons (Fsp3) is 0.273. The molecule has 0 amide bonds. The maximum Gasteiger partial charge on any atom is 0.162 e. The van der Waals surface area contributed by atoms with Crippen LogP contribution in [0.15, 0.2) is 81.7 Å². The van der Waals surface area contributed by atoms with E-state index < -0.39 is 5.92 Å². The standard InChI is InChI=1S/C33H30BrCl2N3O2/c1-18-12-19(2)21(13-20(18)17-41-28-11-6-5-8-23(28)34)29-22(16-37)32(38)39(25-10-7-9-24(35)31(25)36)26-14-33(3,4)15-27(40)30(26)29/h5-13,29H,14-15,17,38H2,1-4H3. The van der Waals surface area contributed by atoms with Gasteiger partial charge < -0.3 is 10.5 Å². The van der Waals surface area contributed by atoms with Gasteiger partial charge in [0.2, 0.25) is 0 Å². The fourth-order valence-corrected chi connectivity index (χ4v) is 6.64. The van der Waals surface area contributed by atoms with Crippen molar-refractivity contribution < 1.29 is 9.53 Å². The van der Waals surface area contributed by atoms with Gasteiger partial charge in [-0.2, -0.15) is 5.26 Å². The second kappa shape index (κ2) is 11.2. The van der Waals surface area contributed by atoms with Crippen molar-refractivity contribution in [2.45, 2.75) is 53.1 Å². The SMILES string of the molecule is Cc1cc(C)c(C2C(C#N)=C(N)N(c3cccc(Cl)c3Cl)C3=C2C(=O)CC(C)(C)C3)cc1COc1ccccc1Br. The molecule has 0 aromatic heterocycles. The number of carbonyl (C=O) groups is 1. The molecule has 1 atom stereocenters. The van der Waals surface area contributed by atoms with E-state index in [4.69, 9.17) is 33.7 Å². The molecule has 1 aliphatic carbocycles. The van der Waals surface area contributed by atoms with E-state index in [1.165, 1.54) is 0 Å². The van der Waals surface area contributed by atoms with Gasteiger partial charge in [-0.25, -0.2) is 0 Å². The van der Waals surface area contributed by atoms with E-state index in [0.717, 1.165) is 38.2 Å². The van der Waals surface area contributed by atoms with Crippen molar-refractivity contribution in [3.8, 4) is 11.8 Å². The minimum Gasteiger partial charge on any atom is -0.488 e. The van der Waals surface area contributed by atoms with Crippen LogP contribution in [-0.4, -0.2) is 5.78 Å². The Hall–Kier alpha value is -3.24. The van der Waals surface area contributed by atoms with Gasteiger partial charge in [-0.1, -0.05) is 67.4 Å². The van der Waals surface area contributed by atoms with E-state index in [9.17, 15) is 10.1 Å². The average Bonchev–Trinajstić information content (AvgIpc) is 2.90. The van der Waals surface area contributed by atoms with Gasteiger partial charge in [0.15, 0.2) is 5.78 Å². The Balaban J connectivity index is 1.69. The van der Waals surface area contributed by atoms with Gasteiger partial charge in [0.25, 0.3) is 0 Å². The first-order chi connectivity index (χ1) is 19.4. The molecule has 3 aromatic rings. The smallest absolute Gasteiger partial charge is 0.162 e. The van der Waals surface area contributed by atoms with Gasteiger partial charge in [-0.3, -0.25) is 9.69 Å². The summed E-state index contributed by atoms with van der Waals surface area (Å²) in [6, 6.07) is 19.5. The number of aryl methyl sites for hydroxylation is 2. The summed E-state index contributed by atoms with van der Waals surface area (Å²) in [5, 5.41) is 11.2. The van der Waals surface area contributed by atoms with Crippen molar-refractivity contribution in [2.75, 3.05) is 4.90 Å². The molecule has 0 spiro atoms. The number of nitrogens with zero attached hydrogens (tertiary/aromatic N) is 2. The molecule has 1 unspecified atom stereocenters. The van der Waals surface area contributed by atoms with Crippen molar-refractivity contribution in [1.29, 1.82) is 5.26 Å². The van der Waals surface area contributed by atoms with E-state index in [-0.39, 0.29) is 17.0 Å². The zero-order valence-corrected chi connectivity index (χ0v) is 26.4. The molecule has 0 saturated carbocycles. The molecule has 210 valence electrons. The third-order valence-corrected chi connectivity index (χ3v) is 9.27. The number of hydrogen-bond acceptors (Lipinski definition) is 5. The summed E-state index contributed by atoms with van der Waals surface area (Å²) in [5.41, 5.74) is 12.5. The van der Waals surface area contributed by atoms with Crippen LogP contribution in [0, 0.1) is 30.6 Å². The van der Waals surface area contributed by atoms with Crippen molar-refractivity contribution >= 4 is 50.6 Å². The molecule has 1 aliphatic heterocycles. The van der Waals surface area contributed by atoms with Crippen LogP contribution in [0.4, 0.5) is 5.69 Å². The number of anilines is 1. The number of rotatable bonds is 5. The molecule has 2 aliphatic rings. The molecule has 0 bridgehead atoms. The minimum atomic E-state index is -0.615. The van der Waals surface area contributed by atoms with Crippen LogP contribution in [-0.2, 0) is 11.4 Å². The van der Waals surface area contributed by atoms with Crippen LogP contribution in [0.3, 0.4) is 0 Å². The quantitative estimate of drug-likeness (QED) is 0.298. The summed E-state index contributed by atoms with van der Waals surface area (Å²) in [5.74, 6) is 0.362. The zero-order valence-electron chi connectivity index (χ0n) is 23.3. The van der Waals surface area contributed by atoms with Crippen LogP contribution in [0.2, 0.25) is 10.0 Å². The van der Waals surface area contributed by atoms with Crippen LogP contribution >= 0.6 is 39.1 Å². The van der Waals surface area contributed by atoms with Gasteiger partial charge in [0.05, 0.1) is 37.8 Å². The number of benzene rings is 3. The number of allylic oxidation sites excluding steroid dienone is 3. The molecule has 0 radical (unpaired) electrons. The summed E-state index contributed by atoms with van der Waals surface area (Å²) < 4.78 is 7.02. The minimum absolute atomic E-state index is 0.00404. The van der Waals surface area contributed by atoms with E-state index in [0.29, 0.717) is 46.3 Å². The third-order valence-electron chi connectivity index (χ3n) is 7.81. The number of Topliss-reactive ketones (excluding diaryl/α,β-unsaturated/α-hetero) is 1. The molecule has 3 aromatic carbocycles. The maximum atomic E-state index is 14.0. The van der Waals surface area contributed by atoms with Crippen molar-refractivity contribution in [3.63, 3.8) is 0 Å². The lowest BCUT2D eigenvalue weighted by atomic mass is 9.68. The predicted octanol–water partition coefficient (Wildman–Crippen LogP) is 8.89. The van der Waals surface area contributed by atoms with E-state index in [1.54, 1.807) is 23.1 Å². The summed E-state index contributed by atoms with van der Waals surface area (Å²) >= 11 is 16.6. The van der Waals surface area contributed by atoms with Gasteiger partial charge in [-0.15, -0.1) is 0 Å². The zero-order chi connectivity index (χ0) is 29.6. The molecular weight excluding hydrogens is 621 g/mol. The highest BCUT2D eigenvalue weighted by molar-refractivity contribution is 9.10. The van der Waals surface area contributed by atoms with Crippen LogP contribution in [0.5, 0.6) is 5.75 Å². The number of carbonyl (C=O) groups excluding carboxylic acids is 1. The molecule has 5 nitrogen and oxygen atoms in total. The highest BCUT2D eigenvalue weighted by Gasteiger charge is 2.45. The number of halogens is 3. The normalized spacial score (nSPS) is 18.3. The number of para-hydroxylation sites is 1. The monoisotopic (exact) mass is 649 g/mol. The topological polar surface area (TPSA) is 79.4 Å². The summed E-state index contributed by atoms with van der Waals surface area (Å²) in [6.07, 6.45) is 0.941. The first-order valence-corrected chi connectivity index (χ1v) is 14.9. The molecule has 0 fully saturated rings. The van der Waals surface area contributed by atoms with Crippen LogP contribution in [0.1, 0.15) is 54.9 Å². The third kappa shape index (κ3) is 5.39. The Morgan fingerprint density at radius 1 is 1.10 bits per heavy atom. The van der Waals surface area contributed by atoms with Gasteiger partial charge in [0, 0.05) is 17.7 Å². The van der Waals surface area contributed by atoms with Crippen molar-refractivity contribution in [1.82, 2.24) is 0 Å². The molecule has 5 rings (SSSR count). The second-order valence-electron chi connectivity index (χ2n) is 11.4. The Labute approximate surface area is 259 Å². The lowest BCUT2D eigenvalue weighted by Gasteiger charge is -2.44. The van der Waals surface area contributed by atoms with E-state index >= 15 is 0 Å². The number of ether oxygens (including phenoxy) is 1. The highest BCUT2D eigenvalue weighted by atomic mass is 79.9. The van der Waals surface area contributed by atoms with Gasteiger partial charge >= 0.3 is 0 Å². The summed E-state index contributed by atoms with van der Waals surface area (Å²) in [4.78, 5) is 15.8. The first-order valence-electron chi connectivity index (χ1n) is 13.3. The number of ketones is 1. The van der Waals surface area contributed by atoms with Crippen LogP contribution < -0.4 is 15.4 Å². The molecule has 1 heterocycles. The Kier molecular flexibility index (Phi) is 8.00. The van der Waals surface area contributed by atoms with Crippen molar-refractivity contribution in [3.05, 3.63) is 114 Å². The molecule has 8 heteroatoms. The maximum absolute atomic E-state index is 14.0. The fourth-order valence-electron chi connectivity index (χ4n) is 5.86. The molecular formula is C33H30BrCl2N3O2. The Bertz CT molecular complexity index is 1690. The molecule has 2 N–H and O–H groups in total. The number of nitrogens with two attached hydrogens (primary N) is 1. The van der Waals surface area contributed by atoms with Gasteiger partial charge in [-0.05, 0) is 88.1 Å².